The molecule has 19 heavy (non-hydrogen) atoms. The Morgan fingerprint density at radius 1 is 1.37 bits per heavy atom. The van der Waals surface area contributed by atoms with Crippen LogP contribution in [-0.2, 0) is 4.79 Å². The molecule has 0 fully saturated rings. The van der Waals surface area contributed by atoms with E-state index >= 15 is 0 Å². The predicted octanol–water partition coefficient (Wildman–Crippen LogP) is 1.80. The van der Waals surface area contributed by atoms with Crippen molar-refractivity contribution in [2.75, 3.05) is 19.4 Å². The lowest BCUT2D eigenvalue weighted by Gasteiger charge is -2.05. The monoisotopic (exact) mass is 280 g/mol. The van der Waals surface area contributed by atoms with Crippen LogP contribution in [0.25, 0.3) is 0 Å². The van der Waals surface area contributed by atoms with Gasteiger partial charge in [-0.1, -0.05) is 6.08 Å². The summed E-state index contributed by atoms with van der Waals surface area (Å²) in [4.78, 5) is 23.6. The van der Waals surface area contributed by atoms with E-state index < -0.39 is 6.03 Å². The first-order valence-corrected chi connectivity index (χ1v) is 6.59. The fourth-order valence-corrected chi connectivity index (χ4v) is 1.89. The van der Waals surface area contributed by atoms with Gasteiger partial charge in [0.25, 0.3) is 0 Å². The van der Waals surface area contributed by atoms with Crippen LogP contribution in [0.15, 0.2) is 41.8 Å². The molecule has 0 aliphatic heterocycles. The van der Waals surface area contributed by atoms with Gasteiger partial charge in [-0.15, -0.1) is 18.3 Å². The quantitative estimate of drug-likeness (QED) is 0.616. The molecular formula is C13H16N2O3S. The summed E-state index contributed by atoms with van der Waals surface area (Å²) in [5, 5.41) is 4.69. The van der Waals surface area contributed by atoms with Crippen LogP contribution in [-0.4, -0.2) is 31.3 Å². The first-order valence-electron chi connectivity index (χ1n) is 5.61. The molecule has 0 unspecified atom stereocenters. The lowest BCUT2D eigenvalue weighted by atomic mass is 10.3. The topological polar surface area (TPSA) is 67.4 Å². The zero-order chi connectivity index (χ0) is 14.1. The van der Waals surface area contributed by atoms with Gasteiger partial charge in [-0.25, -0.2) is 4.79 Å². The summed E-state index contributed by atoms with van der Waals surface area (Å²) >= 11 is 1.35. The van der Waals surface area contributed by atoms with E-state index in [4.69, 9.17) is 4.74 Å². The number of carbonyl (C=O) groups is 2. The molecule has 0 spiro atoms. The highest BCUT2D eigenvalue weighted by Gasteiger charge is 2.07. The molecule has 0 aliphatic carbocycles. The van der Waals surface area contributed by atoms with Crippen molar-refractivity contribution in [1.82, 2.24) is 10.6 Å². The highest BCUT2D eigenvalue weighted by Crippen LogP contribution is 2.20. The Labute approximate surface area is 116 Å². The summed E-state index contributed by atoms with van der Waals surface area (Å²) in [6.45, 7) is 3.78. The second-order valence-electron chi connectivity index (χ2n) is 3.51. The van der Waals surface area contributed by atoms with E-state index in [-0.39, 0.29) is 11.7 Å². The first-order chi connectivity index (χ1) is 9.15. The van der Waals surface area contributed by atoms with Crippen molar-refractivity contribution in [2.24, 2.45) is 0 Å². The molecule has 6 heteroatoms. The standard InChI is InChI=1S/C13H16N2O3S/c1-3-8-14-13(17)15-12(16)9-19-11-6-4-10(18-2)5-7-11/h3-7H,1,8-9H2,2H3,(H2,14,15,16,17). The fourth-order valence-electron chi connectivity index (χ4n) is 1.19. The van der Waals surface area contributed by atoms with Crippen molar-refractivity contribution in [3.05, 3.63) is 36.9 Å². The molecule has 0 aliphatic rings. The van der Waals surface area contributed by atoms with Crippen LogP contribution in [0.5, 0.6) is 5.75 Å². The normalized spacial score (nSPS) is 9.53. The minimum absolute atomic E-state index is 0.174. The number of thioether (sulfide) groups is 1. The summed E-state index contributed by atoms with van der Waals surface area (Å²) in [5.41, 5.74) is 0. The number of rotatable bonds is 6. The Morgan fingerprint density at radius 3 is 2.63 bits per heavy atom. The highest BCUT2D eigenvalue weighted by molar-refractivity contribution is 8.00. The first kappa shape index (κ1) is 15.1. The minimum atomic E-state index is -0.514. The number of ether oxygens (including phenoxy) is 1. The second kappa shape index (κ2) is 8.20. The SMILES string of the molecule is C=CCNC(=O)NC(=O)CSc1ccc(OC)cc1. The summed E-state index contributed by atoms with van der Waals surface area (Å²) < 4.78 is 5.04. The molecule has 2 N–H and O–H groups in total. The predicted molar refractivity (Wildman–Crippen MR) is 75.5 cm³/mol. The molecule has 1 aromatic rings. The van der Waals surface area contributed by atoms with Crippen molar-refractivity contribution in [1.29, 1.82) is 0 Å². The molecule has 1 rings (SSSR count). The number of nitrogens with one attached hydrogen (secondary N) is 2. The van der Waals surface area contributed by atoms with Crippen LogP contribution in [0, 0.1) is 0 Å². The molecule has 5 nitrogen and oxygen atoms in total. The van der Waals surface area contributed by atoms with Crippen LogP contribution in [0.3, 0.4) is 0 Å². The molecule has 0 saturated heterocycles. The zero-order valence-corrected chi connectivity index (χ0v) is 11.5. The van der Waals surface area contributed by atoms with Gasteiger partial charge >= 0.3 is 6.03 Å². The van der Waals surface area contributed by atoms with Crippen molar-refractivity contribution in [2.45, 2.75) is 4.90 Å². The van der Waals surface area contributed by atoms with E-state index in [9.17, 15) is 9.59 Å². The van der Waals surface area contributed by atoms with E-state index in [0.717, 1.165) is 10.6 Å². The number of urea groups is 1. The van der Waals surface area contributed by atoms with Crippen molar-refractivity contribution in [3.8, 4) is 5.75 Å². The Bertz CT molecular complexity index is 446. The molecule has 0 aromatic heterocycles. The summed E-state index contributed by atoms with van der Waals surface area (Å²) in [5.74, 6) is 0.591. The average molecular weight is 280 g/mol. The number of benzene rings is 1. The molecule has 102 valence electrons. The lowest BCUT2D eigenvalue weighted by Crippen LogP contribution is -2.40. The molecule has 0 radical (unpaired) electrons. The van der Waals surface area contributed by atoms with Gasteiger partial charge in [-0.3, -0.25) is 10.1 Å². The third-order valence-corrected chi connectivity index (χ3v) is 3.10. The van der Waals surface area contributed by atoms with Gasteiger partial charge < -0.3 is 10.1 Å². The van der Waals surface area contributed by atoms with Gasteiger partial charge in [0.05, 0.1) is 12.9 Å². The van der Waals surface area contributed by atoms with E-state index in [0.29, 0.717) is 6.54 Å². The third kappa shape index (κ3) is 5.96. The lowest BCUT2D eigenvalue weighted by molar-refractivity contribution is -0.117. The Morgan fingerprint density at radius 2 is 2.05 bits per heavy atom. The number of carbonyl (C=O) groups excluding carboxylic acids is 2. The number of hydrogen-bond donors (Lipinski definition) is 2. The van der Waals surface area contributed by atoms with E-state index in [1.165, 1.54) is 17.8 Å². The fraction of sp³-hybridized carbons (Fsp3) is 0.231. The van der Waals surface area contributed by atoms with E-state index in [1.54, 1.807) is 7.11 Å². The Balaban J connectivity index is 2.32. The van der Waals surface area contributed by atoms with Gasteiger partial charge in [0, 0.05) is 11.4 Å². The number of hydrogen-bond acceptors (Lipinski definition) is 4. The van der Waals surface area contributed by atoms with Crippen LogP contribution >= 0.6 is 11.8 Å². The molecule has 0 saturated carbocycles. The second-order valence-corrected chi connectivity index (χ2v) is 4.56. The summed E-state index contributed by atoms with van der Waals surface area (Å²) in [7, 11) is 1.59. The molecular weight excluding hydrogens is 264 g/mol. The van der Waals surface area contributed by atoms with Crippen molar-refractivity contribution >= 4 is 23.7 Å². The molecule has 1 aromatic carbocycles. The van der Waals surface area contributed by atoms with Gasteiger partial charge in [0.15, 0.2) is 0 Å². The highest BCUT2D eigenvalue weighted by atomic mass is 32.2. The van der Waals surface area contributed by atoms with Crippen molar-refractivity contribution in [3.63, 3.8) is 0 Å². The van der Waals surface area contributed by atoms with Crippen LogP contribution in [0.2, 0.25) is 0 Å². The maximum Gasteiger partial charge on any atom is 0.321 e. The zero-order valence-electron chi connectivity index (χ0n) is 10.6. The third-order valence-electron chi connectivity index (χ3n) is 2.09. The molecule has 0 heterocycles. The molecule has 0 bridgehead atoms. The minimum Gasteiger partial charge on any atom is -0.497 e. The smallest absolute Gasteiger partial charge is 0.321 e. The van der Waals surface area contributed by atoms with Crippen LogP contribution in [0.1, 0.15) is 0 Å². The van der Waals surface area contributed by atoms with Crippen LogP contribution in [0.4, 0.5) is 4.79 Å². The Kier molecular flexibility index (Phi) is 6.52. The maximum absolute atomic E-state index is 11.5. The van der Waals surface area contributed by atoms with E-state index in [2.05, 4.69) is 17.2 Å². The summed E-state index contributed by atoms with van der Waals surface area (Å²) in [6.07, 6.45) is 1.54. The van der Waals surface area contributed by atoms with Gasteiger partial charge in [-0.05, 0) is 24.3 Å². The Hall–Kier alpha value is -1.95. The van der Waals surface area contributed by atoms with Gasteiger partial charge in [0.2, 0.25) is 5.91 Å². The van der Waals surface area contributed by atoms with Crippen molar-refractivity contribution < 1.29 is 14.3 Å². The average Bonchev–Trinajstić information content (AvgIpc) is 2.43. The maximum atomic E-state index is 11.5. The van der Waals surface area contributed by atoms with Gasteiger partial charge in [0.1, 0.15) is 5.75 Å². The number of imide groups is 1. The largest absolute Gasteiger partial charge is 0.497 e. The summed E-state index contributed by atoms with van der Waals surface area (Å²) in [6, 6.07) is 6.83. The van der Waals surface area contributed by atoms with Gasteiger partial charge in [-0.2, -0.15) is 0 Å². The van der Waals surface area contributed by atoms with E-state index in [1.807, 2.05) is 24.3 Å². The molecule has 0 atom stereocenters. The molecule has 3 amide bonds. The van der Waals surface area contributed by atoms with Crippen LogP contribution < -0.4 is 15.4 Å². The number of methoxy groups -OCH3 is 1. The number of amides is 3.